The molecule has 1 atom stereocenters. The van der Waals surface area contributed by atoms with Crippen LogP contribution in [0.25, 0.3) is 0 Å². The Labute approximate surface area is 82.4 Å². The zero-order chi connectivity index (χ0) is 10.5. The summed E-state index contributed by atoms with van der Waals surface area (Å²) < 4.78 is 3.40. The summed E-state index contributed by atoms with van der Waals surface area (Å²) in [5.41, 5.74) is 5.04. The van der Waals surface area contributed by atoms with E-state index in [2.05, 4.69) is 4.58 Å². The number of nitroso groups, excluding NO2 is 1. The largest absolute Gasteiger partial charge is 0.370 e. The van der Waals surface area contributed by atoms with Crippen LogP contribution in [0, 0.1) is 4.91 Å². The zero-order valence-electron chi connectivity index (χ0n) is 8.19. The van der Waals surface area contributed by atoms with E-state index >= 15 is 0 Å². The van der Waals surface area contributed by atoms with Gasteiger partial charge in [-0.1, -0.05) is 0 Å². The van der Waals surface area contributed by atoms with Crippen LogP contribution in [-0.4, -0.2) is 43.3 Å². The highest BCUT2D eigenvalue weighted by molar-refractivity contribution is 7.98. The molecule has 0 aliphatic heterocycles. The van der Waals surface area contributed by atoms with Crippen molar-refractivity contribution in [1.29, 1.82) is 0 Å². The fourth-order valence-corrected chi connectivity index (χ4v) is 1.91. The quantitative estimate of drug-likeness (QED) is 0.387. The molecule has 0 fully saturated rings. The lowest BCUT2D eigenvalue weighted by Crippen LogP contribution is -2.41. The minimum absolute atomic E-state index is 0.116. The summed E-state index contributed by atoms with van der Waals surface area (Å²) in [7, 11) is 5.96. The molecular formula is C7H16N3O2S+. The summed E-state index contributed by atoms with van der Waals surface area (Å²) in [5, 5.41) is -0.116. The molecule has 0 aromatic rings. The summed E-state index contributed by atoms with van der Waals surface area (Å²) in [6.45, 7) is 0.694. The first kappa shape index (κ1) is 12.4. The van der Waals surface area contributed by atoms with Gasteiger partial charge < -0.3 is 10.2 Å². The van der Waals surface area contributed by atoms with Crippen molar-refractivity contribution >= 4 is 17.9 Å². The predicted octanol–water partition coefficient (Wildman–Crippen LogP) is 0.351. The molecule has 0 saturated carbocycles. The number of rotatable bonds is 6. The fourth-order valence-electron chi connectivity index (χ4n) is 1.03. The molecular weight excluding hydrogens is 190 g/mol. The van der Waals surface area contributed by atoms with E-state index < -0.39 is 5.91 Å². The lowest BCUT2D eigenvalue weighted by molar-refractivity contribution is -0.869. The molecule has 5 nitrogen and oxygen atoms in total. The second kappa shape index (κ2) is 5.18. The molecule has 0 saturated heterocycles. The van der Waals surface area contributed by atoms with Crippen molar-refractivity contribution in [2.75, 3.05) is 27.7 Å². The van der Waals surface area contributed by atoms with Gasteiger partial charge >= 0.3 is 0 Å². The van der Waals surface area contributed by atoms with E-state index in [-0.39, 0.29) is 11.7 Å². The normalized spacial score (nSPS) is 13.8. The molecule has 0 spiro atoms. The van der Waals surface area contributed by atoms with Crippen LogP contribution in [0.5, 0.6) is 0 Å². The molecule has 0 rings (SSSR count). The van der Waals surface area contributed by atoms with E-state index in [4.69, 9.17) is 5.73 Å². The molecule has 0 aromatic carbocycles. The van der Waals surface area contributed by atoms with Gasteiger partial charge in [-0.15, -0.1) is 4.91 Å². The molecule has 13 heavy (non-hydrogen) atoms. The number of hydrogen-bond acceptors (Lipinski definition) is 4. The summed E-state index contributed by atoms with van der Waals surface area (Å²) in [5.74, 6) is -0.394. The van der Waals surface area contributed by atoms with Crippen LogP contribution in [0.4, 0.5) is 0 Å². The van der Waals surface area contributed by atoms with E-state index in [1.165, 1.54) is 0 Å². The lowest BCUT2D eigenvalue weighted by Gasteiger charge is -2.26. The Morgan fingerprint density at radius 3 is 2.38 bits per heavy atom. The monoisotopic (exact) mass is 206 g/mol. The molecule has 1 amide bonds. The molecule has 0 aromatic heterocycles. The zero-order valence-corrected chi connectivity index (χ0v) is 9.00. The Morgan fingerprint density at radius 2 is 2.08 bits per heavy atom. The summed E-state index contributed by atoms with van der Waals surface area (Å²) in [4.78, 5) is 20.7. The van der Waals surface area contributed by atoms with Gasteiger partial charge in [0.25, 0.3) is 0 Å². The summed E-state index contributed by atoms with van der Waals surface area (Å²) in [6, 6.07) is 0. The Hall–Kier alpha value is -0.620. The van der Waals surface area contributed by atoms with Crippen LogP contribution in [0.3, 0.4) is 0 Å². The molecule has 0 bridgehead atoms. The van der Waals surface area contributed by atoms with Crippen LogP contribution >= 0.6 is 11.9 Å². The van der Waals surface area contributed by atoms with Crippen LogP contribution in [0.15, 0.2) is 4.58 Å². The maximum Gasteiger partial charge on any atom is 0.218 e. The number of nitrogens with two attached hydrogens (primary N) is 1. The van der Waals surface area contributed by atoms with Crippen molar-refractivity contribution in [3.8, 4) is 0 Å². The first-order valence-corrected chi connectivity index (χ1v) is 4.76. The maximum atomic E-state index is 10.6. The number of primary amides is 1. The van der Waals surface area contributed by atoms with Crippen molar-refractivity contribution in [2.45, 2.75) is 11.7 Å². The van der Waals surface area contributed by atoms with Gasteiger partial charge in [-0.25, -0.2) is 0 Å². The van der Waals surface area contributed by atoms with Crippen molar-refractivity contribution in [1.82, 2.24) is 0 Å². The van der Waals surface area contributed by atoms with Gasteiger partial charge in [0.15, 0.2) is 0 Å². The van der Waals surface area contributed by atoms with Gasteiger partial charge in [-0.3, -0.25) is 4.79 Å². The minimum Gasteiger partial charge on any atom is -0.370 e. The molecule has 6 heteroatoms. The van der Waals surface area contributed by atoms with Crippen molar-refractivity contribution in [2.24, 2.45) is 10.3 Å². The molecule has 0 aliphatic rings. The minimum atomic E-state index is -0.394. The molecule has 1 unspecified atom stereocenters. The van der Waals surface area contributed by atoms with Gasteiger partial charge in [0.1, 0.15) is 0 Å². The van der Waals surface area contributed by atoms with Gasteiger partial charge in [0, 0.05) is 23.0 Å². The van der Waals surface area contributed by atoms with Gasteiger partial charge in [-0.05, 0) is 0 Å². The standard InChI is InChI=1S/C7H15N3O2S/c1-10(2,3)5-6(13-9-12)4-7(8)11/h6H,4-5H2,1-3H3,(H-,8,11)/p+1. The van der Waals surface area contributed by atoms with E-state index in [1.807, 2.05) is 21.1 Å². The third-order valence-corrected chi connectivity index (χ3v) is 2.07. The number of hydrogen-bond donors (Lipinski definition) is 1. The second-order valence-electron chi connectivity index (χ2n) is 3.95. The predicted molar refractivity (Wildman–Crippen MR) is 53.9 cm³/mol. The van der Waals surface area contributed by atoms with Crippen LogP contribution < -0.4 is 5.73 Å². The average molecular weight is 206 g/mol. The number of nitrogens with zero attached hydrogens (tertiary/aromatic N) is 2. The van der Waals surface area contributed by atoms with E-state index in [9.17, 15) is 9.70 Å². The maximum absolute atomic E-state index is 10.6. The Kier molecular flexibility index (Phi) is 4.94. The van der Waals surface area contributed by atoms with Crippen LogP contribution in [0.1, 0.15) is 6.42 Å². The molecule has 0 radical (unpaired) electrons. The van der Waals surface area contributed by atoms with Crippen molar-refractivity contribution in [3.05, 3.63) is 4.91 Å². The number of carbonyl (C=O) groups excluding carboxylic acids is 1. The highest BCUT2D eigenvalue weighted by Gasteiger charge is 2.21. The van der Waals surface area contributed by atoms with E-state index in [0.717, 1.165) is 11.9 Å². The van der Waals surface area contributed by atoms with E-state index in [1.54, 1.807) is 0 Å². The Balaban J connectivity index is 4.09. The first-order chi connectivity index (χ1) is 5.85. The van der Waals surface area contributed by atoms with E-state index in [0.29, 0.717) is 11.0 Å². The third-order valence-electron chi connectivity index (χ3n) is 1.37. The molecule has 76 valence electrons. The number of carbonyl (C=O) groups is 1. The highest BCUT2D eigenvalue weighted by Crippen LogP contribution is 2.17. The second-order valence-corrected chi connectivity index (χ2v) is 4.97. The molecule has 0 heterocycles. The van der Waals surface area contributed by atoms with Gasteiger partial charge in [0.05, 0.1) is 32.9 Å². The molecule has 0 aliphatic carbocycles. The van der Waals surface area contributed by atoms with Crippen molar-refractivity contribution in [3.63, 3.8) is 0 Å². The SMILES string of the molecule is C[N+](C)(C)CC(CC(N)=O)SN=O. The first-order valence-electron chi connectivity index (χ1n) is 3.92. The topological polar surface area (TPSA) is 72.5 Å². The third kappa shape index (κ3) is 7.73. The van der Waals surface area contributed by atoms with Crippen LogP contribution in [-0.2, 0) is 4.79 Å². The highest BCUT2D eigenvalue weighted by atomic mass is 32.2. The van der Waals surface area contributed by atoms with Gasteiger partial charge in [0.2, 0.25) is 5.91 Å². The smallest absolute Gasteiger partial charge is 0.218 e. The lowest BCUT2D eigenvalue weighted by atomic mass is 10.2. The summed E-state index contributed by atoms with van der Waals surface area (Å²) in [6.07, 6.45) is 0.200. The molecule has 2 N–H and O–H groups in total. The fraction of sp³-hybridized carbons (Fsp3) is 0.857. The number of amides is 1. The Morgan fingerprint density at radius 1 is 1.54 bits per heavy atom. The number of quaternary nitrogens is 1. The van der Waals surface area contributed by atoms with Gasteiger partial charge in [-0.2, -0.15) is 0 Å². The van der Waals surface area contributed by atoms with Crippen LogP contribution in [0.2, 0.25) is 0 Å². The Bertz CT molecular complexity index is 191. The summed E-state index contributed by atoms with van der Waals surface area (Å²) >= 11 is 0.885. The average Bonchev–Trinajstić information content (AvgIpc) is 1.81. The van der Waals surface area contributed by atoms with Crippen molar-refractivity contribution < 1.29 is 9.28 Å².